The van der Waals surface area contributed by atoms with Crippen molar-refractivity contribution < 1.29 is 10.2 Å². The predicted molar refractivity (Wildman–Crippen MR) is 63.4 cm³/mol. The van der Waals surface area contributed by atoms with Gasteiger partial charge < -0.3 is 15.5 Å². The Morgan fingerprint density at radius 3 is 2.62 bits per heavy atom. The molecule has 3 heteroatoms. The van der Waals surface area contributed by atoms with Gasteiger partial charge in [0.15, 0.2) is 11.5 Å². The third kappa shape index (κ3) is 2.89. The zero-order valence-electron chi connectivity index (χ0n) is 9.45. The van der Waals surface area contributed by atoms with Crippen LogP contribution in [0, 0.1) is 5.92 Å². The molecule has 0 amide bonds. The predicted octanol–water partition coefficient (Wildman–Crippen LogP) is 2.38. The number of phenols is 2. The molecule has 1 aliphatic carbocycles. The van der Waals surface area contributed by atoms with E-state index in [0.29, 0.717) is 0 Å². The first-order valence-corrected chi connectivity index (χ1v) is 5.97. The van der Waals surface area contributed by atoms with Crippen LogP contribution in [-0.2, 0) is 6.54 Å². The molecule has 2 rings (SSSR count). The van der Waals surface area contributed by atoms with E-state index >= 15 is 0 Å². The summed E-state index contributed by atoms with van der Waals surface area (Å²) in [5, 5.41) is 21.8. The molecule has 0 spiro atoms. The lowest BCUT2D eigenvalue weighted by Gasteiger charge is -2.25. The summed E-state index contributed by atoms with van der Waals surface area (Å²) in [7, 11) is 0. The van der Waals surface area contributed by atoms with Crippen molar-refractivity contribution in [2.24, 2.45) is 5.92 Å². The van der Waals surface area contributed by atoms with Crippen LogP contribution in [0.1, 0.15) is 31.2 Å². The van der Waals surface area contributed by atoms with Crippen molar-refractivity contribution in [2.75, 3.05) is 6.54 Å². The van der Waals surface area contributed by atoms with Crippen molar-refractivity contribution in [1.29, 1.82) is 0 Å². The van der Waals surface area contributed by atoms with Gasteiger partial charge in [-0.1, -0.05) is 25.3 Å². The largest absolute Gasteiger partial charge is 0.504 e. The molecule has 0 heterocycles. The Hall–Kier alpha value is -1.22. The summed E-state index contributed by atoms with van der Waals surface area (Å²) in [5.41, 5.74) is 1.00. The first-order chi connectivity index (χ1) is 7.75. The normalized spacial score (nSPS) is 16.0. The molecule has 3 N–H and O–H groups in total. The van der Waals surface area contributed by atoms with Crippen LogP contribution in [0.5, 0.6) is 11.5 Å². The van der Waals surface area contributed by atoms with E-state index in [1.165, 1.54) is 31.7 Å². The monoisotopic (exact) mass is 221 g/mol. The lowest BCUT2D eigenvalue weighted by atomic mass is 9.83. The highest BCUT2D eigenvalue weighted by Gasteiger charge is 2.16. The summed E-state index contributed by atoms with van der Waals surface area (Å²) in [6.45, 7) is 1.78. The Morgan fingerprint density at radius 2 is 2.00 bits per heavy atom. The number of hydrogen-bond acceptors (Lipinski definition) is 3. The van der Waals surface area contributed by atoms with E-state index in [-0.39, 0.29) is 11.5 Å². The lowest BCUT2D eigenvalue weighted by molar-refractivity contribution is 0.292. The highest BCUT2D eigenvalue weighted by molar-refractivity contribution is 5.40. The third-order valence-corrected chi connectivity index (χ3v) is 3.32. The van der Waals surface area contributed by atoms with E-state index in [1.807, 2.05) is 6.07 Å². The summed E-state index contributed by atoms with van der Waals surface area (Å²) < 4.78 is 0. The van der Waals surface area contributed by atoms with Gasteiger partial charge in [-0.15, -0.1) is 0 Å². The van der Waals surface area contributed by atoms with Crippen LogP contribution in [0.25, 0.3) is 0 Å². The zero-order chi connectivity index (χ0) is 11.4. The van der Waals surface area contributed by atoms with Crippen molar-refractivity contribution in [3.05, 3.63) is 23.8 Å². The fraction of sp³-hybridized carbons (Fsp3) is 0.538. The van der Waals surface area contributed by atoms with E-state index in [4.69, 9.17) is 5.11 Å². The standard InChI is InChI=1S/C13H19NO2/c15-12-5-4-11(8-13(12)16)9-14-7-6-10-2-1-3-10/h4-5,8,10,14-16H,1-3,6-7,9H2. The SMILES string of the molecule is Oc1ccc(CNCCC2CCC2)cc1O. The Labute approximate surface area is 96.1 Å². The van der Waals surface area contributed by atoms with E-state index < -0.39 is 0 Å². The molecular weight excluding hydrogens is 202 g/mol. The number of nitrogens with one attached hydrogen (secondary N) is 1. The maximum absolute atomic E-state index is 9.31. The van der Waals surface area contributed by atoms with E-state index in [2.05, 4.69) is 5.32 Å². The molecule has 0 saturated heterocycles. The first-order valence-electron chi connectivity index (χ1n) is 5.97. The molecule has 1 aromatic rings. The quantitative estimate of drug-likeness (QED) is 0.528. The third-order valence-electron chi connectivity index (χ3n) is 3.32. The van der Waals surface area contributed by atoms with Gasteiger partial charge in [-0.05, 0) is 36.6 Å². The van der Waals surface area contributed by atoms with E-state index in [9.17, 15) is 5.11 Å². The number of hydrogen-bond donors (Lipinski definition) is 3. The fourth-order valence-corrected chi connectivity index (χ4v) is 2.00. The number of rotatable bonds is 5. The Balaban J connectivity index is 1.69. The van der Waals surface area contributed by atoms with Gasteiger partial charge in [0.2, 0.25) is 0 Å². The number of aromatic hydroxyl groups is 2. The highest BCUT2D eigenvalue weighted by atomic mass is 16.3. The molecule has 88 valence electrons. The number of benzene rings is 1. The minimum Gasteiger partial charge on any atom is -0.504 e. The lowest BCUT2D eigenvalue weighted by Crippen LogP contribution is -2.21. The summed E-state index contributed by atoms with van der Waals surface area (Å²) in [5.74, 6) is 0.831. The molecule has 3 nitrogen and oxygen atoms in total. The molecule has 1 fully saturated rings. The minimum atomic E-state index is -0.0572. The molecule has 0 atom stereocenters. The second kappa shape index (κ2) is 5.21. The average Bonchev–Trinajstić information content (AvgIpc) is 2.20. The van der Waals surface area contributed by atoms with Crippen LogP contribution >= 0.6 is 0 Å². The topological polar surface area (TPSA) is 52.5 Å². The molecule has 0 aromatic heterocycles. The summed E-state index contributed by atoms with van der Waals surface area (Å²) in [4.78, 5) is 0. The molecule has 0 bridgehead atoms. The van der Waals surface area contributed by atoms with Gasteiger partial charge in [-0.3, -0.25) is 0 Å². The summed E-state index contributed by atoms with van der Waals surface area (Å²) >= 11 is 0. The first kappa shape index (κ1) is 11.3. The second-order valence-electron chi connectivity index (χ2n) is 4.59. The highest BCUT2D eigenvalue weighted by Crippen LogP contribution is 2.29. The van der Waals surface area contributed by atoms with Crippen LogP contribution in [0.4, 0.5) is 0 Å². The van der Waals surface area contributed by atoms with Crippen molar-refractivity contribution in [3.63, 3.8) is 0 Å². The molecule has 1 aromatic carbocycles. The summed E-state index contributed by atoms with van der Waals surface area (Å²) in [6.07, 6.45) is 5.43. The molecule has 0 aliphatic heterocycles. The maximum atomic E-state index is 9.31. The van der Waals surface area contributed by atoms with Gasteiger partial charge in [0.05, 0.1) is 0 Å². The van der Waals surface area contributed by atoms with Crippen LogP contribution in [0.15, 0.2) is 18.2 Å². The Morgan fingerprint density at radius 1 is 1.19 bits per heavy atom. The molecule has 0 unspecified atom stereocenters. The Bertz CT molecular complexity index is 348. The van der Waals surface area contributed by atoms with Gasteiger partial charge in [0, 0.05) is 6.54 Å². The van der Waals surface area contributed by atoms with Crippen LogP contribution in [-0.4, -0.2) is 16.8 Å². The van der Waals surface area contributed by atoms with Crippen molar-refractivity contribution >= 4 is 0 Å². The number of phenolic OH excluding ortho intramolecular Hbond substituents is 2. The molecular formula is C13H19NO2. The molecule has 1 aliphatic rings. The van der Waals surface area contributed by atoms with Gasteiger partial charge in [0.25, 0.3) is 0 Å². The maximum Gasteiger partial charge on any atom is 0.157 e. The average molecular weight is 221 g/mol. The molecule has 1 saturated carbocycles. The van der Waals surface area contributed by atoms with Gasteiger partial charge in [0.1, 0.15) is 0 Å². The van der Waals surface area contributed by atoms with E-state index in [1.54, 1.807) is 6.07 Å². The van der Waals surface area contributed by atoms with Crippen LogP contribution in [0.3, 0.4) is 0 Å². The van der Waals surface area contributed by atoms with Crippen LogP contribution in [0.2, 0.25) is 0 Å². The van der Waals surface area contributed by atoms with Gasteiger partial charge in [-0.2, -0.15) is 0 Å². The van der Waals surface area contributed by atoms with Crippen molar-refractivity contribution in [2.45, 2.75) is 32.2 Å². The molecule has 16 heavy (non-hydrogen) atoms. The molecule has 0 radical (unpaired) electrons. The Kier molecular flexibility index (Phi) is 3.67. The minimum absolute atomic E-state index is 0.0432. The van der Waals surface area contributed by atoms with Gasteiger partial charge in [-0.25, -0.2) is 0 Å². The van der Waals surface area contributed by atoms with Crippen molar-refractivity contribution in [3.8, 4) is 11.5 Å². The van der Waals surface area contributed by atoms with Gasteiger partial charge >= 0.3 is 0 Å². The van der Waals surface area contributed by atoms with E-state index in [0.717, 1.165) is 24.6 Å². The van der Waals surface area contributed by atoms with Crippen LogP contribution < -0.4 is 5.32 Å². The second-order valence-corrected chi connectivity index (χ2v) is 4.59. The summed E-state index contributed by atoms with van der Waals surface area (Å²) in [6, 6.07) is 4.95. The zero-order valence-corrected chi connectivity index (χ0v) is 9.45. The smallest absolute Gasteiger partial charge is 0.157 e. The van der Waals surface area contributed by atoms with Crippen molar-refractivity contribution in [1.82, 2.24) is 5.32 Å². The fourth-order valence-electron chi connectivity index (χ4n) is 2.00.